The number of allylic oxidation sites excluding steroid dienone is 5. The van der Waals surface area contributed by atoms with Gasteiger partial charge in [0, 0.05) is 12.8 Å². The van der Waals surface area contributed by atoms with E-state index in [4.69, 9.17) is 4.74 Å². The lowest BCUT2D eigenvalue weighted by atomic mass is 10.0. The van der Waals surface area contributed by atoms with Crippen LogP contribution in [-0.4, -0.2) is 47.4 Å². The van der Waals surface area contributed by atoms with Gasteiger partial charge < -0.3 is 20.3 Å². The number of carbonyl (C=O) groups is 2. The second-order valence-electron chi connectivity index (χ2n) is 20.7. The Labute approximate surface area is 424 Å². The summed E-state index contributed by atoms with van der Waals surface area (Å²) in [7, 11) is 0. The molecule has 0 aromatic rings. The van der Waals surface area contributed by atoms with Crippen LogP contribution in [0.25, 0.3) is 0 Å². The van der Waals surface area contributed by atoms with Crippen molar-refractivity contribution in [1.29, 1.82) is 0 Å². The van der Waals surface area contributed by atoms with Crippen LogP contribution in [0, 0.1) is 0 Å². The van der Waals surface area contributed by atoms with E-state index < -0.39 is 12.1 Å². The predicted molar refractivity (Wildman–Crippen MR) is 296 cm³/mol. The second-order valence-corrected chi connectivity index (χ2v) is 20.7. The monoisotopic (exact) mass is 956 g/mol. The van der Waals surface area contributed by atoms with Crippen LogP contribution in [0.3, 0.4) is 0 Å². The molecule has 0 fully saturated rings. The quantitative estimate of drug-likeness (QED) is 0.0321. The third-order valence-corrected chi connectivity index (χ3v) is 13.9. The van der Waals surface area contributed by atoms with Crippen LogP contribution in [0.1, 0.15) is 322 Å². The maximum Gasteiger partial charge on any atom is 0.305 e. The molecule has 0 aromatic heterocycles. The lowest BCUT2D eigenvalue weighted by Gasteiger charge is -2.20. The number of carbonyl (C=O) groups excluding carboxylic acids is 2. The molecular weight excluding hydrogens is 839 g/mol. The van der Waals surface area contributed by atoms with Crippen LogP contribution in [0.4, 0.5) is 0 Å². The van der Waals surface area contributed by atoms with E-state index in [2.05, 4.69) is 43.5 Å². The van der Waals surface area contributed by atoms with Crippen LogP contribution in [-0.2, 0) is 14.3 Å². The Morgan fingerprint density at radius 1 is 0.412 bits per heavy atom. The molecular formula is C62H117NO5. The van der Waals surface area contributed by atoms with Gasteiger partial charge in [0.05, 0.1) is 25.4 Å². The molecule has 6 heteroatoms. The van der Waals surface area contributed by atoms with Crippen molar-refractivity contribution in [1.82, 2.24) is 5.32 Å². The summed E-state index contributed by atoms with van der Waals surface area (Å²) >= 11 is 0. The Morgan fingerprint density at radius 3 is 1.12 bits per heavy atom. The number of hydrogen-bond donors (Lipinski definition) is 3. The fourth-order valence-electron chi connectivity index (χ4n) is 9.25. The van der Waals surface area contributed by atoms with Gasteiger partial charge in [-0.15, -0.1) is 0 Å². The first kappa shape index (κ1) is 66.1. The predicted octanol–water partition coefficient (Wildman–Crippen LogP) is 18.8. The van der Waals surface area contributed by atoms with Crippen molar-refractivity contribution in [2.24, 2.45) is 0 Å². The second kappa shape index (κ2) is 57.7. The molecule has 0 saturated heterocycles. The van der Waals surface area contributed by atoms with Crippen LogP contribution < -0.4 is 5.32 Å². The molecule has 0 saturated carbocycles. The van der Waals surface area contributed by atoms with Crippen LogP contribution in [0.2, 0.25) is 0 Å². The Hall–Kier alpha value is -1.92. The Morgan fingerprint density at radius 2 is 0.735 bits per heavy atom. The van der Waals surface area contributed by atoms with E-state index in [1.54, 1.807) is 6.08 Å². The molecule has 3 N–H and O–H groups in total. The van der Waals surface area contributed by atoms with Crippen molar-refractivity contribution in [3.05, 3.63) is 36.5 Å². The molecule has 0 bridgehead atoms. The molecule has 0 aliphatic carbocycles. The van der Waals surface area contributed by atoms with Crippen molar-refractivity contribution in [3.63, 3.8) is 0 Å². The van der Waals surface area contributed by atoms with Crippen LogP contribution in [0.15, 0.2) is 36.5 Å². The number of aliphatic hydroxyl groups is 2. The summed E-state index contributed by atoms with van der Waals surface area (Å²) in [6, 6.07) is -0.633. The normalized spacial score (nSPS) is 12.8. The molecule has 0 aliphatic rings. The molecule has 0 aromatic carbocycles. The molecule has 2 atom stereocenters. The first-order valence-electron chi connectivity index (χ1n) is 30.3. The highest BCUT2D eigenvalue weighted by Gasteiger charge is 2.18. The molecule has 0 spiro atoms. The van der Waals surface area contributed by atoms with Crippen molar-refractivity contribution in [2.75, 3.05) is 13.2 Å². The van der Waals surface area contributed by atoms with Gasteiger partial charge in [-0.3, -0.25) is 9.59 Å². The fraction of sp³-hybridized carbons (Fsp3) is 0.871. The van der Waals surface area contributed by atoms with E-state index in [0.29, 0.717) is 19.4 Å². The van der Waals surface area contributed by atoms with Gasteiger partial charge in [-0.05, 0) is 64.2 Å². The van der Waals surface area contributed by atoms with Crippen molar-refractivity contribution in [3.8, 4) is 0 Å². The summed E-state index contributed by atoms with van der Waals surface area (Å²) in [6.07, 6.45) is 71.9. The summed E-state index contributed by atoms with van der Waals surface area (Å²) in [4.78, 5) is 24.5. The maximum atomic E-state index is 12.4. The number of hydrogen-bond acceptors (Lipinski definition) is 5. The van der Waals surface area contributed by atoms with Gasteiger partial charge in [0.1, 0.15) is 0 Å². The van der Waals surface area contributed by atoms with Gasteiger partial charge in [-0.2, -0.15) is 0 Å². The van der Waals surface area contributed by atoms with E-state index >= 15 is 0 Å². The van der Waals surface area contributed by atoms with E-state index in [0.717, 1.165) is 57.8 Å². The fourth-order valence-corrected chi connectivity index (χ4v) is 9.25. The van der Waals surface area contributed by atoms with E-state index in [1.807, 2.05) is 6.08 Å². The Bertz CT molecular complexity index is 1100. The molecule has 0 aliphatic heterocycles. The number of aliphatic hydroxyl groups excluding tert-OH is 2. The summed E-state index contributed by atoms with van der Waals surface area (Å²) in [5, 5.41) is 22.9. The molecule has 0 heterocycles. The summed E-state index contributed by atoms with van der Waals surface area (Å²) in [5.41, 5.74) is 0. The Balaban J connectivity index is 3.41. The van der Waals surface area contributed by atoms with E-state index in [-0.39, 0.29) is 18.5 Å². The highest BCUT2D eigenvalue weighted by atomic mass is 16.5. The highest BCUT2D eigenvalue weighted by Crippen LogP contribution is 2.17. The first-order chi connectivity index (χ1) is 33.5. The molecule has 2 unspecified atom stereocenters. The third kappa shape index (κ3) is 53.4. The number of unbranched alkanes of at least 4 members (excludes halogenated alkanes) is 41. The van der Waals surface area contributed by atoms with Gasteiger partial charge >= 0.3 is 5.97 Å². The smallest absolute Gasteiger partial charge is 0.305 e. The number of esters is 1. The topological polar surface area (TPSA) is 95.9 Å². The largest absolute Gasteiger partial charge is 0.466 e. The lowest BCUT2D eigenvalue weighted by Crippen LogP contribution is -2.45. The minimum atomic E-state index is -0.849. The van der Waals surface area contributed by atoms with Crippen molar-refractivity contribution < 1.29 is 24.5 Å². The number of nitrogens with one attached hydrogen (secondary N) is 1. The number of rotatable bonds is 56. The molecule has 0 rings (SSSR count). The average Bonchev–Trinajstić information content (AvgIpc) is 3.34. The van der Waals surface area contributed by atoms with Crippen molar-refractivity contribution in [2.45, 2.75) is 334 Å². The molecule has 400 valence electrons. The average molecular weight is 957 g/mol. The molecule has 1 amide bonds. The zero-order valence-corrected chi connectivity index (χ0v) is 45.6. The van der Waals surface area contributed by atoms with E-state index in [1.165, 1.54) is 238 Å². The molecule has 6 nitrogen and oxygen atoms in total. The first-order valence-corrected chi connectivity index (χ1v) is 30.3. The summed E-state index contributed by atoms with van der Waals surface area (Å²) in [5.74, 6) is -0.0701. The lowest BCUT2D eigenvalue weighted by molar-refractivity contribution is -0.143. The van der Waals surface area contributed by atoms with Crippen LogP contribution in [0.5, 0.6) is 0 Å². The van der Waals surface area contributed by atoms with Gasteiger partial charge in [0.25, 0.3) is 0 Å². The maximum absolute atomic E-state index is 12.4. The SMILES string of the molecule is CCCCCCCCC/C=C/C(O)C(CO)NC(=O)CCCCCCCCC/C=C\C/C=C\CCCCCCCCCCCOC(=O)CCCCCCCCCCCCCCCCCCCCC. The third-order valence-electron chi connectivity index (χ3n) is 13.9. The standard InChI is InChI=1S/C62H117NO5/c1-3-5-7-9-11-13-14-15-16-17-23-27-30-33-36-40-44-48-52-56-62(67)68-57-53-49-45-41-37-34-31-28-25-22-20-18-19-21-24-26-29-32-35-39-43-47-51-55-61(66)63-59(58-64)60(65)54-50-46-42-38-12-10-8-6-4-2/h18,20-21,24,50,54,59-60,64-65H,3-17,19,22-23,25-49,51-53,55-58H2,1-2H3,(H,63,66)/b20-18-,24-21-,54-50+. The van der Waals surface area contributed by atoms with Gasteiger partial charge in [-0.25, -0.2) is 0 Å². The van der Waals surface area contributed by atoms with Crippen LogP contribution >= 0.6 is 0 Å². The summed E-state index contributed by atoms with van der Waals surface area (Å²) in [6.45, 7) is 4.88. The Kier molecular flexibility index (Phi) is 56.0. The molecule has 68 heavy (non-hydrogen) atoms. The van der Waals surface area contributed by atoms with E-state index in [9.17, 15) is 19.8 Å². The van der Waals surface area contributed by atoms with Gasteiger partial charge in [0.15, 0.2) is 0 Å². The number of ether oxygens (including phenoxy) is 1. The zero-order chi connectivity index (χ0) is 49.3. The number of amides is 1. The zero-order valence-electron chi connectivity index (χ0n) is 45.6. The van der Waals surface area contributed by atoms with Gasteiger partial charge in [0.2, 0.25) is 5.91 Å². The summed E-state index contributed by atoms with van der Waals surface area (Å²) < 4.78 is 5.50. The van der Waals surface area contributed by atoms with Crippen molar-refractivity contribution >= 4 is 11.9 Å². The highest BCUT2D eigenvalue weighted by molar-refractivity contribution is 5.76. The van der Waals surface area contributed by atoms with Gasteiger partial charge in [-0.1, -0.05) is 281 Å². The minimum Gasteiger partial charge on any atom is -0.466 e. The molecule has 0 radical (unpaired) electrons. The minimum absolute atomic E-state index is 0.0110.